The minimum absolute atomic E-state index is 0.0427. The van der Waals surface area contributed by atoms with Crippen LogP contribution in [-0.4, -0.2) is 46.4 Å². The number of rotatable bonds is 3. The van der Waals surface area contributed by atoms with Gasteiger partial charge in [0.1, 0.15) is 6.61 Å². The Kier molecular flexibility index (Phi) is 5.39. The smallest absolute Gasteiger partial charge is 0.267 e. The maximum absolute atomic E-state index is 13.0. The van der Waals surface area contributed by atoms with Crippen LogP contribution in [0.2, 0.25) is 0 Å². The highest BCUT2D eigenvalue weighted by Crippen LogP contribution is 2.32. The first-order valence-electron chi connectivity index (χ1n) is 10.9. The Bertz CT molecular complexity index is 1180. The fourth-order valence-electron chi connectivity index (χ4n) is 4.37. The van der Waals surface area contributed by atoms with Gasteiger partial charge in [0.15, 0.2) is 11.5 Å². The predicted octanol–water partition coefficient (Wildman–Crippen LogP) is 3.22. The lowest BCUT2D eigenvalue weighted by molar-refractivity contribution is -0.142. The van der Waals surface area contributed by atoms with E-state index in [1.165, 1.54) is 0 Å². The molecule has 5 rings (SSSR count). The number of aryl methyl sites for hydroxylation is 1. The largest absolute Gasteiger partial charge is 0.485 e. The molecule has 1 unspecified atom stereocenters. The van der Waals surface area contributed by atoms with Gasteiger partial charge in [0.05, 0.1) is 11.7 Å². The molecule has 32 heavy (non-hydrogen) atoms. The van der Waals surface area contributed by atoms with Gasteiger partial charge in [-0.2, -0.15) is 5.10 Å². The first-order chi connectivity index (χ1) is 15.6. The molecule has 3 heterocycles. The van der Waals surface area contributed by atoms with Crippen LogP contribution in [0.1, 0.15) is 24.4 Å². The summed E-state index contributed by atoms with van der Waals surface area (Å²) in [6.07, 6.45) is 0.687. The molecule has 2 aromatic carbocycles. The van der Waals surface area contributed by atoms with E-state index in [9.17, 15) is 9.59 Å². The number of hydrogen-bond acceptors (Lipinski definition) is 5. The number of benzene rings is 2. The Morgan fingerprint density at radius 1 is 1.00 bits per heavy atom. The monoisotopic (exact) mass is 431 g/mol. The van der Waals surface area contributed by atoms with Crippen LogP contribution >= 0.6 is 0 Å². The van der Waals surface area contributed by atoms with Gasteiger partial charge in [-0.15, -0.1) is 0 Å². The maximum atomic E-state index is 13.0. The molecule has 0 spiro atoms. The van der Waals surface area contributed by atoms with Crippen molar-refractivity contribution < 1.29 is 14.3 Å². The van der Waals surface area contributed by atoms with E-state index in [4.69, 9.17) is 14.6 Å². The van der Waals surface area contributed by atoms with E-state index >= 15 is 0 Å². The van der Waals surface area contributed by atoms with E-state index in [-0.39, 0.29) is 24.1 Å². The quantitative estimate of drug-likeness (QED) is 0.637. The first-order valence-corrected chi connectivity index (χ1v) is 10.9. The normalized spacial score (nSPS) is 18.4. The van der Waals surface area contributed by atoms with Gasteiger partial charge in [-0.25, -0.2) is 4.68 Å². The molecule has 2 aliphatic heterocycles. The third kappa shape index (κ3) is 3.86. The molecule has 0 N–H and O–H groups in total. The van der Waals surface area contributed by atoms with Gasteiger partial charge in [-0.3, -0.25) is 9.59 Å². The summed E-state index contributed by atoms with van der Waals surface area (Å²) in [7, 11) is 0. The second-order valence-corrected chi connectivity index (χ2v) is 8.25. The molecule has 3 aromatic rings. The molecule has 1 aromatic heterocycles. The molecule has 7 heteroatoms. The van der Waals surface area contributed by atoms with Gasteiger partial charge in [-0.05, 0) is 37.5 Å². The van der Waals surface area contributed by atoms with E-state index in [0.29, 0.717) is 37.4 Å². The van der Waals surface area contributed by atoms with Gasteiger partial charge >= 0.3 is 0 Å². The Morgan fingerprint density at radius 2 is 1.69 bits per heavy atom. The maximum Gasteiger partial charge on any atom is 0.267 e. The highest BCUT2D eigenvalue weighted by molar-refractivity contribution is 5.82. The second-order valence-electron chi connectivity index (χ2n) is 8.25. The van der Waals surface area contributed by atoms with Crippen molar-refractivity contribution >= 4 is 5.91 Å². The van der Waals surface area contributed by atoms with Crippen molar-refractivity contribution in [2.45, 2.75) is 31.9 Å². The van der Waals surface area contributed by atoms with Crippen molar-refractivity contribution in [3.05, 3.63) is 76.6 Å². The number of hydrogen-bond donors (Lipinski definition) is 0. The zero-order chi connectivity index (χ0) is 22.1. The zero-order valence-corrected chi connectivity index (χ0v) is 17.9. The number of nitrogens with zero attached hydrogens (tertiary/aromatic N) is 3. The molecular weight excluding hydrogens is 406 g/mol. The highest BCUT2D eigenvalue weighted by Gasteiger charge is 2.33. The lowest BCUT2D eigenvalue weighted by Gasteiger charge is -2.35. The van der Waals surface area contributed by atoms with Crippen LogP contribution in [0, 0.1) is 6.92 Å². The van der Waals surface area contributed by atoms with Crippen LogP contribution in [0.3, 0.4) is 0 Å². The zero-order valence-electron chi connectivity index (χ0n) is 17.9. The summed E-state index contributed by atoms with van der Waals surface area (Å²) >= 11 is 0. The summed E-state index contributed by atoms with van der Waals surface area (Å²) < 4.78 is 13.2. The number of fused-ring (bicyclic) bond motifs is 1. The Hall–Kier alpha value is -3.61. The summed E-state index contributed by atoms with van der Waals surface area (Å²) in [5, 5.41) is 4.71. The van der Waals surface area contributed by atoms with Crippen LogP contribution in [0.5, 0.6) is 11.5 Å². The van der Waals surface area contributed by atoms with Crippen molar-refractivity contribution in [3.63, 3.8) is 0 Å². The SMILES string of the molecule is Cc1cc(=O)n(C2CCN(C(=O)C3COc4ccccc4O3)CC2)nc1-c1ccccc1. The van der Waals surface area contributed by atoms with Crippen molar-refractivity contribution in [1.82, 2.24) is 14.7 Å². The summed E-state index contributed by atoms with van der Waals surface area (Å²) in [5.74, 6) is 1.18. The molecule has 0 radical (unpaired) electrons. The van der Waals surface area contributed by atoms with Crippen molar-refractivity contribution in [3.8, 4) is 22.8 Å². The third-order valence-electron chi connectivity index (χ3n) is 6.10. The average Bonchev–Trinajstić information content (AvgIpc) is 2.84. The number of likely N-dealkylation sites (tertiary alicyclic amines) is 1. The standard InChI is InChI=1S/C25H25N3O4/c1-17-15-23(29)28(26-24(17)18-7-3-2-4-8-18)19-11-13-27(14-12-19)25(30)22-16-31-20-9-5-6-10-21(20)32-22/h2-10,15,19,22H,11-14,16H2,1H3. The van der Waals surface area contributed by atoms with Crippen LogP contribution in [0.4, 0.5) is 0 Å². The molecule has 2 aliphatic rings. The van der Waals surface area contributed by atoms with Crippen LogP contribution in [0.25, 0.3) is 11.3 Å². The summed E-state index contributed by atoms with van der Waals surface area (Å²) in [4.78, 5) is 27.5. The van der Waals surface area contributed by atoms with E-state index in [1.54, 1.807) is 21.7 Å². The number of carbonyl (C=O) groups excluding carboxylic acids is 1. The van der Waals surface area contributed by atoms with Crippen molar-refractivity contribution in [1.29, 1.82) is 0 Å². The van der Waals surface area contributed by atoms with E-state index < -0.39 is 6.10 Å². The van der Waals surface area contributed by atoms with Crippen LogP contribution in [0.15, 0.2) is 65.5 Å². The molecular formula is C25H25N3O4. The first kappa shape index (κ1) is 20.3. The fourth-order valence-corrected chi connectivity index (χ4v) is 4.37. The highest BCUT2D eigenvalue weighted by atomic mass is 16.6. The minimum Gasteiger partial charge on any atom is -0.485 e. The molecule has 0 saturated carbocycles. The molecule has 1 fully saturated rings. The molecule has 164 valence electrons. The second kappa shape index (κ2) is 8.49. The Balaban J connectivity index is 1.28. The predicted molar refractivity (Wildman–Crippen MR) is 120 cm³/mol. The van der Waals surface area contributed by atoms with Gasteiger partial charge in [0.25, 0.3) is 11.5 Å². The topological polar surface area (TPSA) is 73.7 Å². The summed E-state index contributed by atoms with van der Waals surface area (Å²) in [6, 6.07) is 18.9. The van der Waals surface area contributed by atoms with Crippen molar-refractivity contribution in [2.24, 2.45) is 0 Å². The Labute approximate surface area is 186 Å². The number of aromatic nitrogens is 2. The molecule has 0 aliphatic carbocycles. The number of carbonyl (C=O) groups is 1. The lowest BCUT2D eigenvalue weighted by atomic mass is 10.0. The molecule has 1 saturated heterocycles. The van der Waals surface area contributed by atoms with Gasteiger partial charge < -0.3 is 14.4 Å². The molecule has 1 atom stereocenters. The fraction of sp³-hybridized carbons (Fsp3) is 0.320. The van der Waals surface area contributed by atoms with Crippen LogP contribution in [-0.2, 0) is 4.79 Å². The average molecular weight is 431 g/mol. The van der Waals surface area contributed by atoms with Crippen LogP contribution < -0.4 is 15.0 Å². The van der Waals surface area contributed by atoms with Gasteiger partial charge in [0.2, 0.25) is 6.10 Å². The number of para-hydroxylation sites is 2. The molecule has 1 amide bonds. The third-order valence-corrected chi connectivity index (χ3v) is 6.10. The number of piperidine rings is 1. The summed E-state index contributed by atoms with van der Waals surface area (Å²) in [6.45, 7) is 3.21. The lowest BCUT2D eigenvalue weighted by Crippen LogP contribution is -2.49. The minimum atomic E-state index is -0.647. The van der Waals surface area contributed by atoms with E-state index in [2.05, 4.69) is 0 Å². The summed E-state index contributed by atoms with van der Waals surface area (Å²) in [5.41, 5.74) is 2.56. The molecule has 0 bridgehead atoms. The number of amides is 1. The van der Waals surface area contributed by atoms with E-state index in [1.807, 2.05) is 55.5 Å². The van der Waals surface area contributed by atoms with Crippen molar-refractivity contribution in [2.75, 3.05) is 19.7 Å². The van der Waals surface area contributed by atoms with E-state index in [0.717, 1.165) is 16.8 Å². The molecule has 7 nitrogen and oxygen atoms in total. The van der Waals surface area contributed by atoms with Gasteiger partial charge in [-0.1, -0.05) is 42.5 Å². The Morgan fingerprint density at radius 3 is 2.44 bits per heavy atom. The number of ether oxygens (including phenoxy) is 2. The van der Waals surface area contributed by atoms with Gasteiger partial charge in [0, 0.05) is 24.7 Å².